The average molecular weight is 269 g/mol. The minimum Gasteiger partial charge on any atom is -0.475 e. The van der Waals surface area contributed by atoms with E-state index >= 15 is 0 Å². The van der Waals surface area contributed by atoms with Crippen molar-refractivity contribution in [1.82, 2.24) is 4.57 Å². The van der Waals surface area contributed by atoms with Gasteiger partial charge in [0.05, 0.1) is 12.1 Å². The van der Waals surface area contributed by atoms with Crippen LogP contribution in [0.25, 0.3) is 10.9 Å². The van der Waals surface area contributed by atoms with E-state index in [9.17, 15) is 4.79 Å². The highest BCUT2D eigenvalue weighted by atomic mass is 16.4. The van der Waals surface area contributed by atoms with Gasteiger partial charge in [0.15, 0.2) is 0 Å². The molecule has 2 heterocycles. The summed E-state index contributed by atoms with van der Waals surface area (Å²) in [6.07, 6.45) is 2.96. The first-order valence-corrected chi connectivity index (χ1v) is 6.57. The maximum atomic E-state index is 10.8. The Morgan fingerprint density at radius 2 is 2.10 bits per heavy atom. The highest BCUT2D eigenvalue weighted by molar-refractivity contribution is 5.84. The Kier molecular flexibility index (Phi) is 3.06. The normalized spacial score (nSPS) is 11.1. The molecular weight excluding hydrogens is 254 g/mol. The van der Waals surface area contributed by atoms with Crippen molar-refractivity contribution in [3.63, 3.8) is 0 Å². The second-order valence-electron chi connectivity index (χ2n) is 4.72. The minimum absolute atomic E-state index is 0.0211. The van der Waals surface area contributed by atoms with E-state index in [0.717, 1.165) is 6.42 Å². The monoisotopic (exact) mass is 269 g/mol. The van der Waals surface area contributed by atoms with Crippen LogP contribution in [-0.2, 0) is 13.0 Å². The van der Waals surface area contributed by atoms with E-state index in [1.165, 1.54) is 22.5 Å². The maximum absolute atomic E-state index is 10.8. The molecule has 4 heteroatoms. The second-order valence-corrected chi connectivity index (χ2v) is 4.72. The van der Waals surface area contributed by atoms with Gasteiger partial charge in [-0.25, -0.2) is 4.79 Å². The molecule has 20 heavy (non-hydrogen) atoms. The fourth-order valence-electron chi connectivity index (χ4n) is 2.50. The van der Waals surface area contributed by atoms with Crippen molar-refractivity contribution >= 4 is 16.9 Å². The number of aryl methyl sites for hydroxylation is 1. The number of carboxylic acid groups (broad SMARTS) is 1. The van der Waals surface area contributed by atoms with E-state index in [1.807, 2.05) is 6.20 Å². The molecule has 3 aromatic rings. The molecule has 102 valence electrons. The molecule has 0 spiro atoms. The summed E-state index contributed by atoms with van der Waals surface area (Å²) < 4.78 is 7.42. The van der Waals surface area contributed by atoms with Crippen LogP contribution in [0.3, 0.4) is 0 Å². The Morgan fingerprint density at radius 1 is 1.25 bits per heavy atom. The number of benzene rings is 1. The average Bonchev–Trinajstić information content (AvgIpc) is 3.06. The van der Waals surface area contributed by atoms with Crippen molar-refractivity contribution < 1.29 is 14.3 Å². The third-order valence-electron chi connectivity index (χ3n) is 3.45. The molecule has 0 fully saturated rings. The topological polar surface area (TPSA) is 55.4 Å². The molecule has 0 aliphatic rings. The molecule has 0 aliphatic heterocycles. The van der Waals surface area contributed by atoms with Gasteiger partial charge in [-0.3, -0.25) is 0 Å². The maximum Gasteiger partial charge on any atom is 0.371 e. The van der Waals surface area contributed by atoms with Crippen molar-refractivity contribution in [2.45, 2.75) is 19.9 Å². The first-order valence-electron chi connectivity index (χ1n) is 6.57. The summed E-state index contributed by atoms with van der Waals surface area (Å²) >= 11 is 0. The Hall–Kier alpha value is -2.49. The molecule has 3 rings (SSSR count). The zero-order chi connectivity index (χ0) is 14.1. The van der Waals surface area contributed by atoms with Gasteiger partial charge in [0.25, 0.3) is 0 Å². The summed E-state index contributed by atoms with van der Waals surface area (Å²) in [5.41, 5.74) is 2.46. The Labute approximate surface area is 116 Å². The molecule has 0 bridgehead atoms. The summed E-state index contributed by atoms with van der Waals surface area (Å²) in [5, 5.41) is 10.1. The smallest absolute Gasteiger partial charge is 0.371 e. The van der Waals surface area contributed by atoms with Crippen LogP contribution in [0.15, 0.2) is 47.0 Å². The fraction of sp³-hybridized carbons (Fsp3) is 0.188. The summed E-state index contributed by atoms with van der Waals surface area (Å²) in [5.74, 6) is -0.416. The SMILES string of the molecule is CCc1cccc2ccn(Cc3ccc(C(=O)O)o3)c12. The quantitative estimate of drug-likeness (QED) is 0.788. The molecule has 2 aromatic heterocycles. The van der Waals surface area contributed by atoms with Gasteiger partial charge in [0, 0.05) is 6.20 Å². The number of furan rings is 1. The molecule has 4 nitrogen and oxygen atoms in total. The number of hydrogen-bond donors (Lipinski definition) is 1. The van der Waals surface area contributed by atoms with E-state index in [4.69, 9.17) is 9.52 Å². The number of hydrogen-bond acceptors (Lipinski definition) is 2. The first kappa shape index (κ1) is 12.5. The number of carboxylic acids is 1. The lowest BCUT2D eigenvalue weighted by Gasteiger charge is -2.07. The summed E-state index contributed by atoms with van der Waals surface area (Å²) in [6, 6.07) is 11.5. The van der Waals surface area contributed by atoms with Gasteiger partial charge in [0.1, 0.15) is 5.76 Å². The molecule has 0 aliphatic carbocycles. The second kappa shape index (κ2) is 4.89. The number of rotatable bonds is 4. The van der Waals surface area contributed by atoms with Crippen molar-refractivity contribution in [2.75, 3.05) is 0 Å². The van der Waals surface area contributed by atoms with Crippen molar-refractivity contribution in [3.05, 3.63) is 59.7 Å². The molecule has 0 amide bonds. The lowest BCUT2D eigenvalue weighted by atomic mass is 10.1. The molecule has 0 radical (unpaired) electrons. The highest BCUT2D eigenvalue weighted by Gasteiger charge is 2.11. The van der Waals surface area contributed by atoms with E-state index in [2.05, 4.69) is 35.8 Å². The minimum atomic E-state index is -1.04. The van der Waals surface area contributed by atoms with Crippen LogP contribution in [0.4, 0.5) is 0 Å². The number of para-hydroxylation sites is 1. The van der Waals surface area contributed by atoms with Crippen LogP contribution in [0.2, 0.25) is 0 Å². The van der Waals surface area contributed by atoms with Gasteiger partial charge in [0.2, 0.25) is 5.76 Å². The summed E-state index contributed by atoms with van der Waals surface area (Å²) in [6.45, 7) is 2.66. The lowest BCUT2D eigenvalue weighted by molar-refractivity contribution is 0.0660. The molecule has 1 N–H and O–H groups in total. The number of aromatic carboxylic acids is 1. The fourth-order valence-corrected chi connectivity index (χ4v) is 2.50. The zero-order valence-corrected chi connectivity index (χ0v) is 11.2. The van der Waals surface area contributed by atoms with E-state index < -0.39 is 5.97 Å². The number of carbonyl (C=O) groups is 1. The third-order valence-corrected chi connectivity index (χ3v) is 3.45. The molecule has 0 unspecified atom stereocenters. The number of aromatic nitrogens is 1. The van der Waals surface area contributed by atoms with Gasteiger partial charge >= 0.3 is 5.97 Å². The van der Waals surface area contributed by atoms with Crippen LogP contribution in [0, 0.1) is 0 Å². The largest absolute Gasteiger partial charge is 0.475 e. The van der Waals surface area contributed by atoms with Crippen molar-refractivity contribution in [1.29, 1.82) is 0 Å². The van der Waals surface area contributed by atoms with Crippen LogP contribution >= 0.6 is 0 Å². The van der Waals surface area contributed by atoms with Gasteiger partial charge in [-0.05, 0) is 35.6 Å². The molecule has 0 saturated carbocycles. The Balaban J connectivity index is 1.99. The first-order chi connectivity index (χ1) is 9.69. The van der Waals surface area contributed by atoms with E-state index in [1.54, 1.807) is 6.07 Å². The highest BCUT2D eigenvalue weighted by Crippen LogP contribution is 2.22. The number of fused-ring (bicyclic) bond motifs is 1. The van der Waals surface area contributed by atoms with Gasteiger partial charge in [-0.15, -0.1) is 0 Å². The Morgan fingerprint density at radius 3 is 2.80 bits per heavy atom. The van der Waals surface area contributed by atoms with Crippen molar-refractivity contribution in [3.8, 4) is 0 Å². The molecule has 0 atom stereocenters. The van der Waals surface area contributed by atoms with Crippen molar-refractivity contribution in [2.24, 2.45) is 0 Å². The van der Waals surface area contributed by atoms with Gasteiger partial charge in [-0.2, -0.15) is 0 Å². The lowest BCUT2D eigenvalue weighted by Crippen LogP contribution is -1.99. The van der Waals surface area contributed by atoms with E-state index in [-0.39, 0.29) is 5.76 Å². The van der Waals surface area contributed by atoms with Crippen LogP contribution in [-0.4, -0.2) is 15.6 Å². The Bertz CT molecular complexity index is 767. The van der Waals surface area contributed by atoms with E-state index in [0.29, 0.717) is 12.3 Å². The van der Waals surface area contributed by atoms with Gasteiger partial charge < -0.3 is 14.1 Å². The predicted octanol–water partition coefficient (Wildman–Crippen LogP) is 3.54. The molecular formula is C16H15NO3. The summed E-state index contributed by atoms with van der Waals surface area (Å²) in [7, 11) is 0. The van der Waals surface area contributed by atoms with Crippen LogP contribution in [0.5, 0.6) is 0 Å². The van der Waals surface area contributed by atoms with Gasteiger partial charge in [-0.1, -0.05) is 25.1 Å². The van der Waals surface area contributed by atoms with Crippen LogP contribution in [0.1, 0.15) is 28.8 Å². The zero-order valence-electron chi connectivity index (χ0n) is 11.2. The third kappa shape index (κ3) is 2.09. The molecule has 0 saturated heterocycles. The molecule has 1 aromatic carbocycles. The summed E-state index contributed by atoms with van der Waals surface area (Å²) in [4.78, 5) is 10.8. The number of nitrogens with zero attached hydrogens (tertiary/aromatic N) is 1. The van der Waals surface area contributed by atoms with Crippen LogP contribution < -0.4 is 0 Å². The standard InChI is InChI=1S/C16H15NO3/c1-2-11-4-3-5-12-8-9-17(15(11)12)10-13-6-7-14(20-13)16(18)19/h3-9H,2,10H2,1H3,(H,18,19). The predicted molar refractivity (Wildman–Crippen MR) is 76.1 cm³/mol.